The largest absolute Gasteiger partial charge is 0.416 e. The highest BCUT2D eigenvalue weighted by atomic mass is 19.4. The van der Waals surface area contributed by atoms with Gasteiger partial charge >= 0.3 is 6.18 Å². The first-order chi connectivity index (χ1) is 12.2. The van der Waals surface area contributed by atoms with Gasteiger partial charge in [0, 0.05) is 17.1 Å². The molecule has 0 saturated heterocycles. The SMILES string of the molecule is C/C(Nc1ccc(F)cc1)=C(/C#N)C(=O)Nc1ccc(C(F)(F)F)cc1. The van der Waals surface area contributed by atoms with E-state index in [4.69, 9.17) is 0 Å². The van der Waals surface area contributed by atoms with E-state index in [-0.39, 0.29) is 17.0 Å². The number of amides is 1. The Morgan fingerprint density at radius 1 is 0.962 bits per heavy atom. The molecule has 2 N–H and O–H groups in total. The molecule has 0 fully saturated rings. The Kier molecular flexibility index (Phi) is 5.62. The number of hydrogen-bond acceptors (Lipinski definition) is 3. The van der Waals surface area contributed by atoms with E-state index >= 15 is 0 Å². The maximum atomic E-state index is 12.9. The Morgan fingerprint density at radius 2 is 1.46 bits per heavy atom. The molecule has 0 atom stereocenters. The number of nitriles is 1. The first-order valence-corrected chi connectivity index (χ1v) is 7.33. The van der Waals surface area contributed by atoms with Gasteiger partial charge in [-0.15, -0.1) is 0 Å². The van der Waals surface area contributed by atoms with Crippen molar-refractivity contribution in [3.05, 3.63) is 71.2 Å². The van der Waals surface area contributed by atoms with Crippen LogP contribution in [0.5, 0.6) is 0 Å². The minimum Gasteiger partial charge on any atom is -0.358 e. The van der Waals surface area contributed by atoms with Gasteiger partial charge in [0.1, 0.15) is 17.5 Å². The van der Waals surface area contributed by atoms with E-state index in [0.29, 0.717) is 5.69 Å². The number of hydrogen-bond donors (Lipinski definition) is 2. The van der Waals surface area contributed by atoms with Gasteiger partial charge in [-0.05, 0) is 55.5 Å². The number of anilines is 2. The zero-order valence-corrected chi connectivity index (χ0v) is 13.5. The quantitative estimate of drug-likeness (QED) is 0.470. The van der Waals surface area contributed by atoms with Crippen molar-refractivity contribution in [1.29, 1.82) is 5.26 Å². The van der Waals surface area contributed by atoms with Crippen LogP contribution in [0.15, 0.2) is 59.8 Å². The van der Waals surface area contributed by atoms with Crippen LogP contribution >= 0.6 is 0 Å². The fraction of sp³-hybridized carbons (Fsp3) is 0.111. The molecule has 134 valence electrons. The number of carbonyl (C=O) groups is 1. The molecule has 8 heteroatoms. The van der Waals surface area contributed by atoms with Crippen molar-refractivity contribution in [2.75, 3.05) is 10.6 Å². The lowest BCUT2D eigenvalue weighted by atomic mass is 10.1. The van der Waals surface area contributed by atoms with Crippen LogP contribution in [-0.4, -0.2) is 5.91 Å². The summed E-state index contributed by atoms with van der Waals surface area (Å²) in [5.74, 6) is -1.21. The van der Waals surface area contributed by atoms with Crippen molar-refractivity contribution in [2.24, 2.45) is 0 Å². The number of allylic oxidation sites excluding steroid dienone is 1. The van der Waals surface area contributed by atoms with Crippen molar-refractivity contribution in [3.8, 4) is 6.07 Å². The fourth-order valence-electron chi connectivity index (χ4n) is 2.05. The number of rotatable bonds is 4. The average Bonchev–Trinajstić information content (AvgIpc) is 2.57. The van der Waals surface area contributed by atoms with Crippen LogP contribution in [0.3, 0.4) is 0 Å². The Morgan fingerprint density at radius 3 is 1.96 bits per heavy atom. The first kappa shape index (κ1) is 19.0. The number of halogens is 4. The molecule has 0 aliphatic rings. The van der Waals surface area contributed by atoms with Gasteiger partial charge in [-0.1, -0.05) is 0 Å². The van der Waals surface area contributed by atoms with Crippen LogP contribution in [-0.2, 0) is 11.0 Å². The molecule has 0 aliphatic heterocycles. The minimum atomic E-state index is -4.48. The molecule has 0 aromatic heterocycles. The van der Waals surface area contributed by atoms with Gasteiger partial charge < -0.3 is 10.6 Å². The van der Waals surface area contributed by atoms with E-state index in [1.165, 1.54) is 31.2 Å². The van der Waals surface area contributed by atoms with Gasteiger partial charge in [-0.25, -0.2) is 4.39 Å². The Balaban J connectivity index is 2.14. The van der Waals surface area contributed by atoms with E-state index in [2.05, 4.69) is 10.6 Å². The maximum absolute atomic E-state index is 12.9. The van der Waals surface area contributed by atoms with Gasteiger partial charge in [0.05, 0.1) is 5.56 Å². The van der Waals surface area contributed by atoms with E-state index in [0.717, 1.165) is 24.3 Å². The average molecular weight is 363 g/mol. The van der Waals surface area contributed by atoms with Gasteiger partial charge in [0.15, 0.2) is 0 Å². The van der Waals surface area contributed by atoms with Crippen molar-refractivity contribution in [1.82, 2.24) is 0 Å². The monoisotopic (exact) mass is 363 g/mol. The third-order valence-corrected chi connectivity index (χ3v) is 3.36. The molecule has 4 nitrogen and oxygen atoms in total. The first-order valence-electron chi connectivity index (χ1n) is 7.33. The molecule has 0 heterocycles. The molecule has 1 amide bonds. The third-order valence-electron chi connectivity index (χ3n) is 3.36. The molecule has 0 aliphatic carbocycles. The lowest BCUT2D eigenvalue weighted by Crippen LogP contribution is -2.17. The summed E-state index contributed by atoms with van der Waals surface area (Å²) in [6.07, 6.45) is -4.48. The van der Waals surface area contributed by atoms with Gasteiger partial charge in [-0.2, -0.15) is 18.4 Å². The number of carbonyl (C=O) groups excluding carboxylic acids is 1. The molecular formula is C18H13F4N3O. The molecule has 26 heavy (non-hydrogen) atoms. The summed E-state index contributed by atoms with van der Waals surface area (Å²) in [5.41, 5.74) is -0.303. The topological polar surface area (TPSA) is 64.9 Å². The van der Waals surface area contributed by atoms with Crippen LogP contribution in [0.1, 0.15) is 12.5 Å². The Bertz CT molecular complexity index is 863. The zero-order valence-electron chi connectivity index (χ0n) is 13.5. The molecule has 0 saturated carbocycles. The normalized spacial score (nSPS) is 12.0. The molecular weight excluding hydrogens is 350 g/mol. The van der Waals surface area contributed by atoms with Crippen LogP contribution in [0, 0.1) is 17.1 Å². The minimum absolute atomic E-state index is 0.116. The fourth-order valence-corrected chi connectivity index (χ4v) is 2.05. The lowest BCUT2D eigenvalue weighted by Gasteiger charge is -2.11. The highest BCUT2D eigenvalue weighted by Gasteiger charge is 2.30. The summed E-state index contributed by atoms with van der Waals surface area (Å²) in [7, 11) is 0. The Hall–Kier alpha value is -3.34. The molecule has 2 aromatic rings. The third kappa shape index (κ3) is 4.83. The number of benzene rings is 2. The predicted molar refractivity (Wildman–Crippen MR) is 88.4 cm³/mol. The van der Waals surface area contributed by atoms with Gasteiger partial charge in [0.25, 0.3) is 5.91 Å². The second-order valence-electron chi connectivity index (χ2n) is 5.27. The molecule has 0 unspecified atom stereocenters. The van der Waals surface area contributed by atoms with Crippen molar-refractivity contribution < 1.29 is 22.4 Å². The van der Waals surface area contributed by atoms with Crippen molar-refractivity contribution in [3.63, 3.8) is 0 Å². The number of nitrogens with one attached hydrogen (secondary N) is 2. The molecule has 0 radical (unpaired) electrons. The van der Waals surface area contributed by atoms with Crippen LogP contribution < -0.4 is 10.6 Å². The summed E-state index contributed by atoms with van der Waals surface area (Å²) >= 11 is 0. The summed E-state index contributed by atoms with van der Waals surface area (Å²) in [6.45, 7) is 1.48. The van der Waals surface area contributed by atoms with Crippen LogP contribution in [0.25, 0.3) is 0 Å². The lowest BCUT2D eigenvalue weighted by molar-refractivity contribution is -0.137. The Labute approximate surface area is 146 Å². The second kappa shape index (κ2) is 7.70. The summed E-state index contributed by atoms with van der Waals surface area (Å²) < 4.78 is 50.5. The van der Waals surface area contributed by atoms with Crippen molar-refractivity contribution in [2.45, 2.75) is 13.1 Å². The summed E-state index contributed by atoms with van der Waals surface area (Å²) in [6, 6.07) is 10.9. The summed E-state index contributed by atoms with van der Waals surface area (Å²) in [4.78, 5) is 12.2. The zero-order chi connectivity index (χ0) is 19.3. The molecule has 2 aromatic carbocycles. The highest BCUT2D eigenvalue weighted by Crippen LogP contribution is 2.29. The van der Waals surface area contributed by atoms with Gasteiger partial charge in [0.2, 0.25) is 0 Å². The molecule has 2 rings (SSSR count). The van der Waals surface area contributed by atoms with E-state index in [1.54, 1.807) is 6.07 Å². The van der Waals surface area contributed by atoms with Crippen LogP contribution in [0.2, 0.25) is 0 Å². The van der Waals surface area contributed by atoms with Crippen molar-refractivity contribution >= 4 is 17.3 Å². The molecule has 0 spiro atoms. The highest BCUT2D eigenvalue weighted by molar-refractivity contribution is 6.07. The predicted octanol–water partition coefficient (Wildman–Crippen LogP) is 4.69. The maximum Gasteiger partial charge on any atom is 0.416 e. The van der Waals surface area contributed by atoms with Gasteiger partial charge in [-0.3, -0.25) is 4.79 Å². The van der Waals surface area contributed by atoms with E-state index in [9.17, 15) is 27.6 Å². The van der Waals surface area contributed by atoms with E-state index < -0.39 is 23.5 Å². The number of nitrogens with zero attached hydrogens (tertiary/aromatic N) is 1. The number of alkyl halides is 3. The molecule has 0 bridgehead atoms. The van der Waals surface area contributed by atoms with Crippen LogP contribution in [0.4, 0.5) is 28.9 Å². The smallest absolute Gasteiger partial charge is 0.358 e. The second-order valence-corrected chi connectivity index (χ2v) is 5.27. The van der Waals surface area contributed by atoms with E-state index in [1.807, 2.05) is 0 Å². The standard InChI is InChI=1S/C18H13F4N3O/c1-11(24-14-8-4-13(19)5-9-14)16(10-23)17(26)25-15-6-2-12(3-7-15)18(20,21)22/h2-9,24H,1H3,(H,25,26)/b16-11+. The summed E-state index contributed by atoms with van der Waals surface area (Å²) in [5, 5.41) is 14.4.